The van der Waals surface area contributed by atoms with Crippen molar-refractivity contribution in [1.82, 2.24) is 0 Å². The number of carbonyl (C=O) groups excluding carboxylic acids is 1. The molecule has 0 radical (unpaired) electrons. The number of hydrogen-bond donors (Lipinski definition) is 2. The fourth-order valence-electron chi connectivity index (χ4n) is 0.517. The van der Waals surface area contributed by atoms with Gasteiger partial charge in [-0.1, -0.05) is 25.5 Å². The summed E-state index contributed by atoms with van der Waals surface area (Å²) in [4.78, 5) is 10.4. The van der Waals surface area contributed by atoms with Gasteiger partial charge in [0.05, 0.1) is 5.70 Å². The van der Waals surface area contributed by atoms with Crippen LogP contribution in [0.1, 0.15) is 19.8 Å². The van der Waals surface area contributed by atoms with Crippen LogP contribution >= 0.6 is 0 Å². The van der Waals surface area contributed by atoms with E-state index in [1.807, 2.05) is 6.08 Å². The summed E-state index contributed by atoms with van der Waals surface area (Å²) in [5.74, 6) is -0.578. The molecule has 0 aliphatic carbocycles. The number of carbonyl (C=O) groups is 1. The standard InChI is InChI=1S/C8H14N2O/c1-2-3-4-5-6-7(9)8(10)11/h4-6H,2-3,9H2,1H3,(H2,10,11)/b5-4+,7-6-. The lowest BCUT2D eigenvalue weighted by atomic mass is 10.3. The van der Waals surface area contributed by atoms with E-state index < -0.39 is 5.91 Å². The molecule has 0 saturated carbocycles. The van der Waals surface area contributed by atoms with Crippen LogP contribution in [-0.2, 0) is 4.79 Å². The predicted molar refractivity (Wildman–Crippen MR) is 45.5 cm³/mol. The van der Waals surface area contributed by atoms with Crippen LogP contribution in [0.25, 0.3) is 0 Å². The smallest absolute Gasteiger partial charge is 0.264 e. The van der Waals surface area contributed by atoms with Crippen molar-refractivity contribution in [3.8, 4) is 0 Å². The number of nitrogens with two attached hydrogens (primary N) is 2. The molecule has 0 aliphatic heterocycles. The Labute approximate surface area is 66.8 Å². The summed E-state index contributed by atoms with van der Waals surface area (Å²) in [6, 6.07) is 0. The normalized spacial score (nSPS) is 12.3. The van der Waals surface area contributed by atoms with Crippen molar-refractivity contribution >= 4 is 5.91 Å². The molecule has 0 spiro atoms. The van der Waals surface area contributed by atoms with E-state index in [9.17, 15) is 4.79 Å². The van der Waals surface area contributed by atoms with Crippen LogP contribution in [0.15, 0.2) is 23.9 Å². The van der Waals surface area contributed by atoms with E-state index in [4.69, 9.17) is 11.5 Å². The first-order chi connectivity index (χ1) is 5.18. The van der Waals surface area contributed by atoms with Gasteiger partial charge in [0.25, 0.3) is 5.91 Å². The molecule has 0 saturated heterocycles. The van der Waals surface area contributed by atoms with E-state index >= 15 is 0 Å². The molecule has 0 aliphatic rings. The zero-order chi connectivity index (χ0) is 8.69. The summed E-state index contributed by atoms with van der Waals surface area (Å²) in [6.45, 7) is 2.07. The Morgan fingerprint density at radius 3 is 2.55 bits per heavy atom. The van der Waals surface area contributed by atoms with Gasteiger partial charge in [-0.15, -0.1) is 0 Å². The molecule has 1 amide bonds. The van der Waals surface area contributed by atoms with Crippen LogP contribution in [0.5, 0.6) is 0 Å². The zero-order valence-corrected chi connectivity index (χ0v) is 6.71. The number of rotatable bonds is 4. The molecule has 3 nitrogen and oxygen atoms in total. The quantitative estimate of drug-likeness (QED) is 0.461. The minimum atomic E-state index is -0.578. The number of hydrogen-bond acceptors (Lipinski definition) is 2. The molecule has 0 fully saturated rings. The van der Waals surface area contributed by atoms with Crippen molar-refractivity contribution in [2.75, 3.05) is 0 Å². The molecule has 0 bridgehead atoms. The van der Waals surface area contributed by atoms with Gasteiger partial charge in [-0.25, -0.2) is 0 Å². The van der Waals surface area contributed by atoms with Crippen molar-refractivity contribution in [3.05, 3.63) is 23.9 Å². The van der Waals surface area contributed by atoms with E-state index in [2.05, 4.69) is 6.92 Å². The maximum Gasteiger partial charge on any atom is 0.264 e. The molecule has 0 aromatic heterocycles. The van der Waals surface area contributed by atoms with Crippen molar-refractivity contribution in [3.63, 3.8) is 0 Å². The Kier molecular flexibility index (Phi) is 4.90. The van der Waals surface area contributed by atoms with Gasteiger partial charge in [0, 0.05) is 0 Å². The van der Waals surface area contributed by atoms with E-state index in [0.29, 0.717) is 0 Å². The van der Waals surface area contributed by atoms with Crippen LogP contribution in [0.3, 0.4) is 0 Å². The second-order valence-electron chi connectivity index (χ2n) is 2.20. The molecular weight excluding hydrogens is 140 g/mol. The second kappa shape index (κ2) is 5.53. The van der Waals surface area contributed by atoms with E-state index in [-0.39, 0.29) is 5.70 Å². The Morgan fingerprint density at radius 2 is 2.09 bits per heavy atom. The van der Waals surface area contributed by atoms with Gasteiger partial charge in [-0.2, -0.15) is 0 Å². The SMILES string of the molecule is CCC/C=C/C=C(\N)C(N)=O. The Hall–Kier alpha value is -1.25. The first kappa shape index (κ1) is 9.75. The Morgan fingerprint density at radius 1 is 1.45 bits per heavy atom. The minimum absolute atomic E-state index is 0.0948. The highest BCUT2D eigenvalue weighted by atomic mass is 16.1. The van der Waals surface area contributed by atoms with Gasteiger partial charge in [-0.05, 0) is 12.5 Å². The summed E-state index contributed by atoms with van der Waals surface area (Å²) < 4.78 is 0. The number of allylic oxidation sites excluding steroid dienone is 3. The summed E-state index contributed by atoms with van der Waals surface area (Å²) in [7, 11) is 0. The summed E-state index contributed by atoms with van der Waals surface area (Å²) >= 11 is 0. The molecule has 0 aromatic carbocycles. The molecule has 11 heavy (non-hydrogen) atoms. The molecule has 62 valence electrons. The molecule has 0 unspecified atom stereocenters. The van der Waals surface area contributed by atoms with Crippen molar-refractivity contribution in [2.24, 2.45) is 11.5 Å². The average Bonchev–Trinajstić information content (AvgIpc) is 1.97. The van der Waals surface area contributed by atoms with Gasteiger partial charge in [-0.3, -0.25) is 4.79 Å². The lowest BCUT2D eigenvalue weighted by molar-refractivity contribution is -0.114. The lowest BCUT2D eigenvalue weighted by Gasteiger charge is -1.89. The topological polar surface area (TPSA) is 69.1 Å². The maximum absolute atomic E-state index is 10.4. The van der Waals surface area contributed by atoms with E-state index in [0.717, 1.165) is 12.8 Å². The third-order valence-corrected chi connectivity index (χ3v) is 1.15. The molecular formula is C8H14N2O. The number of amides is 1. The van der Waals surface area contributed by atoms with Gasteiger partial charge in [0.1, 0.15) is 0 Å². The van der Waals surface area contributed by atoms with Crippen LogP contribution in [-0.4, -0.2) is 5.91 Å². The zero-order valence-electron chi connectivity index (χ0n) is 6.71. The predicted octanol–water partition coefficient (Wildman–Crippen LogP) is 0.671. The van der Waals surface area contributed by atoms with Crippen LogP contribution in [0, 0.1) is 0 Å². The lowest BCUT2D eigenvalue weighted by Crippen LogP contribution is -2.19. The van der Waals surface area contributed by atoms with Gasteiger partial charge >= 0.3 is 0 Å². The number of primary amides is 1. The largest absolute Gasteiger partial charge is 0.394 e. The highest BCUT2D eigenvalue weighted by Gasteiger charge is 1.92. The third-order valence-electron chi connectivity index (χ3n) is 1.15. The molecule has 0 rings (SSSR count). The van der Waals surface area contributed by atoms with Crippen LogP contribution < -0.4 is 11.5 Å². The van der Waals surface area contributed by atoms with Crippen molar-refractivity contribution in [1.29, 1.82) is 0 Å². The van der Waals surface area contributed by atoms with Crippen molar-refractivity contribution < 1.29 is 4.79 Å². The summed E-state index contributed by atoms with van der Waals surface area (Å²) in [5.41, 5.74) is 10.2. The van der Waals surface area contributed by atoms with Gasteiger partial charge in [0.15, 0.2) is 0 Å². The van der Waals surface area contributed by atoms with E-state index in [1.165, 1.54) is 6.08 Å². The molecule has 3 heteroatoms. The Balaban J connectivity index is 3.81. The van der Waals surface area contributed by atoms with Gasteiger partial charge < -0.3 is 11.5 Å². The van der Waals surface area contributed by atoms with Crippen LogP contribution in [0.2, 0.25) is 0 Å². The van der Waals surface area contributed by atoms with Crippen molar-refractivity contribution in [2.45, 2.75) is 19.8 Å². The average molecular weight is 154 g/mol. The highest BCUT2D eigenvalue weighted by molar-refractivity contribution is 5.91. The summed E-state index contributed by atoms with van der Waals surface area (Å²) in [5, 5.41) is 0. The maximum atomic E-state index is 10.4. The Bertz CT molecular complexity index is 183. The highest BCUT2D eigenvalue weighted by Crippen LogP contribution is 1.90. The summed E-state index contributed by atoms with van der Waals surface area (Å²) in [6.07, 6.45) is 7.26. The third kappa shape index (κ3) is 5.21. The molecule has 4 N–H and O–H groups in total. The first-order valence-electron chi connectivity index (χ1n) is 3.60. The molecule has 0 aromatic rings. The monoisotopic (exact) mass is 154 g/mol. The fourth-order valence-corrected chi connectivity index (χ4v) is 0.517. The fraction of sp³-hybridized carbons (Fsp3) is 0.375. The van der Waals surface area contributed by atoms with Crippen LogP contribution in [0.4, 0.5) is 0 Å². The van der Waals surface area contributed by atoms with Gasteiger partial charge in [0.2, 0.25) is 0 Å². The first-order valence-corrected chi connectivity index (χ1v) is 3.60. The molecule has 0 atom stereocenters. The second-order valence-corrected chi connectivity index (χ2v) is 2.20. The minimum Gasteiger partial charge on any atom is -0.394 e. The molecule has 0 heterocycles. The van der Waals surface area contributed by atoms with E-state index in [1.54, 1.807) is 6.08 Å². The number of unbranched alkanes of at least 4 members (excludes halogenated alkanes) is 1.